The molecule has 5 rings (SSSR count). The van der Waals surface area contributed by atoms with Gasteiger partial charge in [-0.25, -0.2) is 21.1 Å². The number of para-hydroxylation sites is 1. The molecule has 39 heavy (non-hydrogen) atoms. The molecule has 2 fully saturated rings. The van der Waals surface area contributed by atoms with Crippen LogP contribution in [0.25, 0.3) is 0 Å². The molecule has 3 aliphatic rings. The maximum atomic E-state index is 13.1. The lowest BCUT2D eigenvalue weighted by atomic mass is 9.85. The largest absolute Gasteiger partial charge is 0.334 e. The number of benzene rings is 2. The Bertz CT molecular complexity index is 1170. The summed E-state index contributed by atoms with van der Waals surface area (Å²) in [4.78, 5) is 18.2. The van der Waals surface area contributed by atoms with Crippen LogP contribution in [-0.2, 0) is 6.54 Å². The van der Waals surface area contributed by atoms with Crippen LogP contribution in [0.2, 0.25) is 0 Å². The molecule has 9 heteroatoms. The van der Waals surface area contributed by atoms with Crippen molar-refractivity contribution >= 4 is 23.5 Å². The molecule has 3 heterocycles. The van der Waals surface area contributed by atoms with E-state index in [1.165, 1.54) is 9.80 Å². The second kappa shape index (κ2) is 11.9. The average molecular weight is 550 g/mol. The van der Waals surface area contributed by atoms with Crippen LogP contribution in [-0.4, -0.2) is 42.0 Å². The van der Waals surface area contributed by atoms with Crippen molar-refractivity contribution in [2.75, 3.05) is 11.6 Å². The predicted octanol–water partition coefficient (Wildman–Crippen LogP) is 4.74. The van der Waals surface area contributed by atoms with Gasteiger partial charge in [0.25, 0.3) is 0 Å². The van der Waals surface area contributed by atoms with Crippen LogP contribution >= 0.6 is 11.8 Å². The van der Waals surface area contributed by atoms with Crippen molar-refractivity contribution in [1.29, 1.82) is 0 Å². The van der Waals surface area contributed by atoms with Crippen LogP contribution in [0.15, 0.2) is 70.5 Å². The van der Waals surface area contributed by atoms with Crippen LogP contribution in [0.3, 0.4) is 0 Å². The lowest BCUT2D eigenvalue weighted by Gasteiger charge is -2.33. The van der Waals surface area contributed by atoms with Gasteiger partial charge in [-0.1, -0.05) is 88.9 Å². The van der Waals surface area contributed by atoms with E-state index >= 15 is 0 Å². The first-order valence-electron chi connectivity index (χ1n) is 14.1. The number of hydrogen-bond donors (Lipinski definition) is 5. The molecule has 0 spiro atoms. The first-order valence-corrected chi connectivity index (χ1v) is 14.9. The van der Waals surface area contributed by atoms with E-state index in [4.69, 9.17) is 0 Å². The van der Waals surface area contributed by atoms with E-state index in [0.717, 1.165) is 30.6 Å². The van der Waals surface area contributed by atoms with Crippen molar-refractivity contribution in [2.45, 2.75) is 83.4 Å². The Balaban J connectivity index is 1.21. The minimum Gasteiger partial charge on any atom is -0.334 e. The smallest absolute Gasteiger partial charge is 0.316 e. The molecule has 5 N–H and O–H groups in total. The summed E-state index contributed by atoms with van der Waals surface area (Å²) in [6.45, 7) is 12.6. The van der Waals surface area contributed by atoms with E-state index in [0.29, 0.717) is 24.8 Å². The fourth-order valence-electron chi connectivity index (χ4n) is 5.48. The minimum atomic E-state index is -0.161. The SMILES string of the molecule is CC(C)C1NNC2CC=C(Sc3ccccc3CNC(=O)NC3CC(C(C)(C)C)NN3c3ccccc3)CN21. The molecule has 3 aliphatic heterocycles. The number of amides is 2. The third-order valence-corrected chi connectivity index (χ3v) is 8.97. The first-order chi connectivity index (χ1) is 18.7. The van der Waals surface area contributed by atoms with Crippen molar-refractivity contribution in [3.8, 4) is 0 Å². The molecule has 8 nitrogen and oxygen atoms in total. The Morgan fingerprint density at radius 2 is 1.82 bits per heavy atom. The Hall–Kier alpha value is -2.56. The van der Waals surface area contributed by atoms with Crippen molar-refractivity contribution < 1.29 is 4.79 Å². The fraction of sp³-hybridized carbons (Fsp3) is 0.500. The summed E-state index contributed by atoms with van der Waals surface area (Å²) in [6, 6.07) is 18.6. The number of carbonyl (C=O) groups excluding carboxylic acids is 1. The second-order valence-corrected chi connectivity index (χ2v) is 13.3. The molecule has 2 saturated heterocycles. The maximum Gasteiger partial charge on any atom is 0.316 e. The van der Waals surface area contributed by atoms with E-state index in [1.54, 1.807) is 0 Å². The van der Waals surface area contributed by atoms with Crippen LogP contribution in [0, 0.1) is 11.3 Å². The number of fused-ring (bicyclic) bond motifs is 1. The van der Waals surface area contributed by atoms with E-state index in [-0.39, 0.29) is 23.7 Å². The number of carbonyl (C=O) groups is 1. The van der Waals surface area contributed by atoms with Crippen molar-refractivity contribution in [3.63, 3.8) is 0 Å². The van der Waals surface area contributed by atoms with Gasteiger partial charge in [0.1, 0.15) is 6.17 Å². The quantitative estimate of drug-likeness (QED) is 0.341. The maximum absolute atomic E-state index is 13.1. The zero-order valence-corrected chi connectivity index (χ0v) is 24.5. The molecule has 0 bridgehead atoms. The summed E-state index contributed by atoms with van der Waals surface area (Å²) in [5, 5.41) is 8.43. The molecule has 2 aromatic rings. The number of anilines is 1. The molecule has 210 valence electrons. The third-order valence-electron chi connectivity index (χ3n) is 7.79. The molecular weight excluding hydrogens is 506 g/mol. The third kappa shape index (κ3) is 6.61. The zero-order chi connectivity index (χ0) is 27.6. The highest BCUT2D eigenvalue weighted by atomic mass is 32.2. The highest BCUT2D eigenvalue weighted by Crippen LogP contribution is 2.35. The summed E-state index contributed by atoms with van der Waals surface area (Å²) in [5.41, 5.74) is 12.7. The van der Waals surface area contributed by atoms with Crippen molar-refractivity contribution in [3.05, 3.63) is 71.1 Å². The summed E-state index contributed by atoms with van der Waals surface area (Å²) >= 11 is 1.81. The molecule has 0 radical (unpaired) electrons. The lowest BCUT2D eigenvalue weighted by molar-refractivity contribution is 0.158. The number of nitrogens with zero attached hydrogens (tertiary/aromatic N) is 2. The predicted molar refractivity (Wildman–Crippen MR) is 159 cm³/mol. The number of urea groups is 1. The number of thioether (sulfide) groups is 1. The van der Waals surface area contributed by atoms with E-state index in [2.05, 4.69) is 108 Å². The fourth-order valence-corrected chi connectivity index (χ4v) is 6.57. The van der Waals surface area contributed by atoms with E-state index in [1.807, 2.05) is 36.0 Å². The topological polar surface area (TPSA) is 83.7 Å². The second-order valence-electron chi connectivity index (χ2n) is 12.1. The van der Waals surface area contributed by atoms with Crippen LogP contribution in [0.4, 0.5) is 10.5 Å². The van der Waals surface area contributed by atoms with Crippen LogP contribution < -0.4 is 31.9 Å². The molecule has 4 unspecified atom stereocenters. The van der Waals surface area contributed by atoms with Crippen LogP contribution in [0.1, 0.15) is 53.0 Å². The highest BCUT2D eigenvalue weighted by Gasteiger charge is 2.39. The van der Waals surface area contributed by atoms with Crippen molar-refractivity contribution in [2.24, 2.45) is 11.3 Å². The summed E-state index contributed by atoms with van der Waals surface area (Å²) < 4.78 is 0. The molecule has 0 aliphatic carbocycles. The number of hydrazine groups is 2. The van der Waals surface area contributed by atoms with Crippen molar-refractivity contribution in [1.82, 2.24) is 31.8 Å². The Morgan fingerprint density at radius 3 is 2.56 bits per heavy atom. The molecular formula is C30H43N7OS. The monoisotopic (exact) mass is 549 g/mol. The van der Waals surface area contributed by atoms with Gasteiger partial charge in [0, 0.05) is 35.4 Å². The van der Waals surface area contributed by atoms with Gasteiger partial charge in [-0.15, -0.1) is 0 Å². The standard InChI is InChI=1S/C30H43N7OS/c1-20(2)28-34-33-26-16-15-23(19-36(26)28)39-24-14-10-9-11-21(24)18-31-29(38)32-27-17-25(30(3,4)5)35-37(27)22-12-7-6-8-13-22/h6-15,20,25-28,33-35H,16-19H2,1-5H3,(H2,31,32,38). The molecule has 4 atom stereocenters. The summed E-state index contributed by atoms with van der Waals surface area (Å²) in [7, 11) is 0. The molecule has 2 amide bonds. The first kappa shape index (κ1) is 28.0. The molecule has 2 aromatic carbocycles. The molecule has 0 saturated carbocycles. The van der Waals surface area contributed by atoms with Gasteiger partial charge in [-0.3, -0.25) is 9.91 Å². The van der Waals surface area contributed by atoms with Gasteiger partial charge in [0.2, 0.25) is 0 Å². The van der Waals surface area contributed by atoms with Gasteiger partial charge in [-0.05, 0) is 41.5 Å². The Morgan fingerprint density at radius 1 is 1.08 bits per heavy atom. The number of rotatable bonds is 7. The molecule has 0 aromatic heterocycles. The Labute approximate surface area is 237 Å². The lowest BCUT2D eigenvalue weighted by Crippen LogP contribution is -2.51. The summed E-state index contributed by atoms with van der Waals surface area (Å²) in [5.74, 6) is 0.522. The number of hydrogen-bond acceptors (Lipinski definition) is 7. The average Bonchev–Trinajstić information content (AvgIpc) is 3.53. The summed E-state index contributed by atoms with van der Waals surface area (Å²) in [6.07, 6.45) is 4.68. The van der Waals surface area contributed by atoms with Gasteiger partial charge in [0.15, 0.2) is 0 Å². The van der Waals surface area contributed by atoms with Gasteiger partial charge >= 0.3 is 6.03 Å². The minimum absolute atomic E-state index is 0.0697. The van der Waals surface area contributed by atoms with Gasteiger partial charge in [0.05, 0.1) is 18.0 Å². The van der Waals surface area contributed by atoms with E-state index in [9.17, 15) is 4.79 Å². The zero-order valence-electron chi connectivity index (χ0n) is 23.7. The van der Waals surface area contributed by atoms with Gasteiger partial charge < -0.3 is 10.6 Å². The van der Waals surface area contributed by atoms with Gasteiger partial charge in [-0.2, -0.15) is 0 Å². The number of nitrogens with one attached hydrogen (secondary N) is 5. The highest BCUT2D eigenvalue weighted by molar-refractivity contribution is 8.03. The normalized spacial score (nSPS) is 25.5. The van der Waals surface area contributed by atoms with E-state index < -0.39 is 0 Å². The Kier molecular flexibility index (Phi) is 8.54. The van der Waals surface area contributed by atoms with Crippen LogP contribution in [0.5, 0.6) is 0 Å².